The van der Waals surface area contributed by atoms with E-state index >= 15 is 0 Å². The van der Waals surface area contributed by atoms with Crippen molar-refractivity contribution in [2.45, 2.75) is 37.8 Å². The van der Waals surface area contributed by atoms with Gasteiger partial charge in [0.25, 0.3) is 0 Å². The summed E-state index contributed by atoms with van der Waals surface area (Å²) in [5, 5.41) is 7.16. The van der Waals surface area contributed by atoms with Crippen LogP contribution >= 0.6 is 0 Å². The molecule has 7 heteroatoms. The molecule has 1 saturated heterocycles. The maximum absolute atomic E-state index is 11.4. The summed E-state index contributed by atoms with van der Waals surface area (Å²) >= 11 is 0. The zero-order valence-electron chi connectivity index (χ0n) is 10.5. The fraction of sp³-hybridized carbons (Fsp3) is 0.818. The summed E-state index contributed by atoms with van der Waals surface area (Å²) in [6.45, 7) is 0.639. The van der Waals surface area contributed by atoms with Crippen LogP contribution in [0.5, 0.6) is 0 Å². The first kappa shape index (κ1) is 12.1. The molecule has 2 fully saturated rings. The average molecular weight is 270 g/mol. The van der Waals surface area contributed by atoms with Crippen LogP contribution < -0.4 is 0 Å². The predicted molar refractivity (Wildman–Crippen MR) is 66.9 cm³/mol. The lowest BCUT2D eigenvalue weighted by Crippen LogP contribution is -2.32. The molecule has 18 heavy (non-hydrogen) atoms. The van der Waals surface area contributed by atoms with E-state index in [-0.39, 0.29) is 11.8 Å². The Morgan fingerprint density at radius 3 is 2.78 bits per heavy atom. The second-order valence-electron chi connectivity index (χ2n) is 5.39. The zero-order valence-corrected chi connectivity index (χ0v) is 11.3. The molecule has 2 heterocycles. The second kappa shape index (κ2) is 4.31. The molecule has 0 radical (unpaired) electrons. The van der Waals surface area contributed by atoms with Gasteiger partial charge in [0, 0.05) is 12.0 Å². The number of nitrogens with zero attached hydrogens (tertiary/aromatic N) is 3. The van der Waals surface area contributed by atoms with E-state index in [2.05, 4.69) is 20.1 Å². The van der Waals surface area contributed by atoms with Crippen molar-refractivity contribution in [3.8, 4) is 0 Å². The molecule has 6 nitrogen and oxygen atoms in total. The first-order valence-electron chi connectivity index (χ1n) is 6.35. The minimum atomic E-state index is -2.82. The molecule has 0 bridgehead atoms. The minimum Gasteiger partial charge on any atom is -0.295 e. The van der Waals surface area contributed by atoms with E-state index in [1.54, 1.807) is 0 Å². The highest BCUT2D eigenvalue weighted by molar-refractivity contribution is 7.91. The van der Waals surface area contributed by atoms with E-state index in [1.165, 1.54) is 12.8 Å². The largest absolute Gasteiger partial charge is 0.295 e. The Labute approximate surface area is 107 Å². The highest BCUT2D eigenvalue weighted by Crippen LogP contribution is 2.37. The average Bonchev–Trinajstić information content (AvgIpc) is 2.95. The highest BCUT2D eigenvalue weighted by Gasteiger charge is 2.31. The molecule has 1 aromatic heterocycles. The molecular formula is C11H18N4O2S. The Morgan fingerprint density at radius 2 is 2.17 bits per heavy atom. The van der Waals surface area contributed by atoms with Crippen LogP contribution in [0.2, 0.25) is 0 Å². The lowest BCUT2D eigenvalue weighted by molar-refractivity contribution is 0.248. The van der Waals surface area contributed by atoms with Crippen molar-refractivity contribution >= 4 is 9.84 Å². The van der Waals surface area contributed by atoms with Gasteiger partial charge in [-0.1, -0.05) is 0 Å². The van der Waals surface area contributed by atoms with Crippen LogP contribution in [0, 0.1) is 0 Å². The Kier molecular flexibility index (Phi) is 2.90. The monoisotopic (exact) mass is 270 g/mol. The number of aromatic amines is 1. The number of aromatic nitrogens is 3. The van der Waals surface area contributed by atoms with Crippen molar-refractivity contribution in [1.82, 2.24) is 20.1 Å². The smallest absolute Gasteiger partial charge is 0.153 e. The van der Waals surface area contributed by atoms with Gasteiger partial charge in [0.2, 0.25) is 0 Å². The number of rotatable bonds is 4. The lowest BCUT2D eigenvalue weighted by Gasteiger charge is -2.21. The van der Waals surface area contributed by atoms with Gasteiger partial charge in [0.05, 0.1) is 18.1 Å². The molecule has 1 saturated carbocycles. The Bertz CT molecular complexity index is 535. The van der Waals surface area contributed by atoms with Crippen molar-refractivity contribution in [2.24, 2.45) is 0 Å². The zero-order chi connectivity index (χ0) is 12.8. The molecule has 1 aliphatic heterocycles. The van der Waals surface area contributed by atoms with E-state index in [0.29, 0.717) is 18.2 Å². The third-order valence-electron chi connectivity index (χ3n) is 3.72. The highest BCUT2D eigenvalue weighted by atomic mass is 32.2. The summed E-state index contributed by atoms with van der Waals surface area (Å²) in [7, 11) is -0.870. The summed E-state index contributed by atoms with van der Waals surface area (Å²) in [5.41, 5.74) is 0. The molecule has 0 aromatic carbocycles. The maximum Gasteiger partial charge on any atom is 0.153 e. The van der Waals surface area contributed by atoms with E-state index in [0.717, 1.165) is 18.1 Å². The number of hydrogen-bond donors (Lipinski definition) is 1. The molecule has 0 spiro atoms. The van der Waals surface area contributed by atoms with Gasteiger partial charge in [0.1, 0.15) is 5.82 Å². The van der Waals surface area contributed by atoms with Crippen LogP contribution in [0.4, 0.5) is 0 Å². The molecule has 2 aliphatic rings. The first-order valence-corrected chi connectivity index (χ1v) is 8.17. The summed E-state index contributed by atoms with van der Waals surface area (Å²) in [6.07, 6.45) is 3.10. The molecule has 100 valence electrons. The molecule has 1 aromatic rings. The first-order chi connectivity index (χ1) is 8.53. The SMILES string of the molecule is CN(Cc1nc(C2CC2)n[nH]1)[C@@H]1CCS(=O)(=O)C1. The van der Waals surface area contributed by atoms with Crippen molar-refractivity contribution in [3.63, 3.8) is 0 Å². The molecule has 1 aliphatic carbocycles. The quantitative estimate of drug-likeness (QED) is 0.851. The van der Waals surface area contributed by atoms with Gasteiger partial charge in [-0.15, -0.1) is 0 Å². The number of hydrogen-bond acceptors (Lipinski definition) is 5. The molecule has 1 atom stereocenters. The van der Waals surface area contributed by atoms with Crippen LogP contribution in [0.3, 0.4) is 0 Å². The van der Waals surface area contributed by atoms with E-state index in [4.69, 9.17) is 0 Å². The molecular weight excluding hydrogens is 252 g/mol. The van der Waals surface area contributed by atoms with Crippen LogP contribution in [-0.2, 0) is 16.4 Å². The lowest BCUT2D eigenvalue weighted by atomic mass is 10.2. The Hall–Kier alpha value is -0.950. The molecule has 1 N–H and O–H groups in total. The molecule has 3 rings (SSSR count). The van der Waals surface area contributed by atoms with E-state index < -0.39 is 9.84 Å². The number of H-pyrrole nitrogens is 1. The number of sulfone groups is 1. The van der Waals surface area contributed by atoms with Crippen molar-refractivity contribution < 1.29 is 8.42 Å². The third-order valence-corrected chi connectivity index (χ3v) is 5.47. The summed E-state index contributed by atoms with van der Waals surface area (Å²) in [5.74, 6) is 2.88. The van der Waals surface area contributed by atoms with Crippen molar-refractivity contribution in [3.05, 3.63) is 11.6 Å². The van der Waals surface area contributed by atoms with Crippen LogP contribution in [0.25, 0.3) is 0 Å². The van der Waals surface area contributed by atoms with E-state index in [9.17, 15) is 8.42 Å². The summed E-state index contributed by atoms with van der Waals surface area (Å²) in [4.78, 5) is 6.52. The van der Waals surface area contributed by atoms with Crippen LogP contribution in [-0.4, -0.2) is 53.1 Å². The second-order valence-corrected chi connectivity index (χ2v) is 7.62. The van der Waals surface area contributed by atoms with Crippen molar-refractivity contribution in [2.75, 3.05) is 18.6 Å². The van der Waals surface area contributed by atoms with Gasteiger partial charge in [-0.05, 0) is 26.3 Å². The number of nitrogens with one attached hydrogen (secondary N) is 1. The van der Waals surface area contributed by atoms with Gasteiger partial charge in [-0.2, -0.15) is 5.10 Å². The van der Waals surface area contributed by atoms with Gasteiger partial charge >= 0.3 is 0 Å². The molecule has 0 unspecified atom stereocenters. The maximum atomic E-state index is 11.4. The normalized spacial score (nSPS) is 26.9. The standard InChI is InChI=1S/C11H18N4O2S/c1-15(9-4-5-18(16,17)7-9)6-10-12-11(14-13-10)8-2-3-8/h8-9H,2-7H2,1H3,(H,12,13,14)/t9-/m1/s1. The van der Waals surface area contributed by atoms with Gasteiger partial charge in [-0.25, -0.2) is 13.4 Å². The Balaban J connectivity index is 1.61. The fourth-order valence-corrected chi connectivity index (χ4v) is 4.20. The third kappa shape index (κ3) is 2.56. The summed E-state index contributed by atoms with van der Waals surface area (Å²) < 4.78 is 22.9. The molecule has 0 amide bonds. The predicted octanol–water partition coefficient (Wildman–Crippen LogP) is 0.301. The minimum absolute atomic E-state index is 0.115. The van der Waals surface area contributed by atoms with E-state index in [1.807, 2.05) is 7.05 Å². The summed E-state index contributed by atoms with van der Waals surface area (Å²) in [6, 6.07) is 0.115. The van der Waals surface area contributed by atoms with Gasteiger partial charge in [-0.3, -0.25) is 10.00 Å². The van der Waals surface area contributed by atoms with Gasteiger partial charge < -0.3 is 0 Å². The van der Waals surface area contributed by atoms with Crippen LogP contribution in [0.15, 0.2) is 0 Å². The van der Waals surface area contributed by atoms with Crippen LogP contribution in [0.1, 0.15) is 36.8 Å². The topological polar surface area (TPSA) is 79.0 Å². The van der Waals surface area contributed by atoms with Gasteiger partial charge in [0.15, 0.2) is 15.7 Å². The van der Waals surface area contributed by atoms with Crippen molar-refractivity contribution in [1.29, 1.82) is 0 Å². The fourth-order valence-electron chi connectivity index (χ4n) is 2.39. The Morgan fingerprint density at radius 1 is 1.39 bits per heavy atom.